The first-order valence-electron chi connectivity index (χ1n) is 14.2. The Morgan fingerprint density at radius 2 is 1.71 bits per heavy atom. The molecular weight excluding hydrogens is 538 g/mol. The van der Waals surface area contributed by atoms with Gasteiger partial charge < -0.3 is 23.6 Å². The first-order valence-corrected chi connectivity index (χ1v) is 14.2. The zero-order chi connectivity index (χ0) is 30.1. The lowest BCUT2D eigenvalue weighted by Gasteiger charge is -2.39. The molecule has 0 unspecified atom stereocenters. The van der Waals surface area contributed by atoms with Crippen molar-refractivity contribution in [3.63, 3.8) is 0 Å². The summed E-state index contributed by atoms with van der Waals surface area (Å²) in [4.78, 5) is 46.0. The van der Waals surface area contributed by atoms with Crippen molar-refractivity contribution in [1.29, 1.82) is 0 Å². The molecule has 0 bridgehead atoms. The van der Waals surface area contributed by atoms with E-state index in [0.717, 1.165) is 29.4 Å². The number of ketones is 2. The van der Waals surface area contributed by atoms with Crippen LogP contribution < -0.4 is 0 Å². The number of carbonyl (C=O) groups excluding carboxylic acids is 3. The molecule has 1 aliphatic heterocycles. The highest BCUT2D eigenvalue weighted by Gasteiger charge is 2.37. The molecule has 1 aromatic heterocycles. The topological polar surface area (TPSA) is 109 Å². The number of hydrogen-bond donors (Lipinski definition) is 0. The van der Waals surface area contributed by atoms with Gasteiger partial charge in [-0.15, -0.1) is 0 Å². The van der Waals surface area contributed by atoms with Gasteiger partial charge in [0.05, 0.1) is 30.9 Å². The van der Waals surface area contributed by atoms with Crippen LogP contribution in [0.4, 0.5) is 0 Å². The normalized spacial score (nSPS) is 14.7. The number of hydrogen-bond acceptors (Lipinski definition) is 9. The lowest BCUT2D eigenvalue weighted by molar-refractivity contribution is -0.147. The highest BCUT2D eigenvalue weighted by Crippen LogP contribution is 2.30. The van der Waals surface area contributed by atoms with Gasteiger partial charge in [0.15, 0.2) is 11.5 Å². The minimum absolute atomic E-state index is 0.0204. The first kappa shape index (κ1) is 31.2. The maximum Gasteiger partial charge on any atom is 0.360 e. The molecule has 0 N–H and O–H groups in total. The molecule has 0 aliphatic carbocycles. The maximum absolute atomic E-state index is 13.9. The Bertz CT molecular complexity index is 1420. The maximum atomic E-state index is 13.9. The molecule has 224 valence electrons. The number of unbranched alkanes of at least 4 members (excludes halogenated alkanes) is 1. The molecular formula is C32H39N3O7. The monoisotopic (exact) mass is 577 g/mol. The van der Waals surface area contributed by atoms with Gasteiger partial charge in [0, 0.05) is 55.2 Å². The number of nitrogens with zero attached hydrogens (tertiary/aromatic N) is 3. The number of carbonyl (C=O) groups is 3. The molecule has 1 fully saturated rings. The SMILES string of the molecule is CCCCOC/C(=N\OC(=O)COC)C(=O)c1ccc(-n2cc(C(=O)C(C)(C)N3CCOCC3)c3ccccc32)cc1. The number of Topliss-reactive ketones (excluding diaryl/α,β-unsaturated/α-hetero) is 2. The molecule has 1 aliphatic rings. The molecule has 1 saturated heterocycles. The smallest absolute Gasteiger partial charge is 0.360 e. The van der Waals surface area contributed by atoms with Crippen LogP contribution in [0, 0.1) is 0 Å². The van der Waals surface area contributed by atoms with E-state index in [2.05, 4.69) is 10.1 Å². The molecule has 2 aromatic carbocycles. The number of methoxy groups -OCH3 is 1. The van der Waals surface area contributed by atoms with Crippen molar-refractivity contribution in [2.75, 3.05) is 53.2 Å². The van der Waals surface area contributed by atoms with E-state index in [1.807, 2.05) is 67.9 Å². The standard InChI is InChI=1S/C32H39N3O7/c1-5-6-17-41-21-27(33-42-29(36)22-39-4)30(37)23-11-13-24(14-12-23)35-20-26(25-9-7-8-10-28(25)35)31(38)32(2,3)34-15-18-40-19-16-34/h7-14,20H,5-6,15-19,21-22H2,1-4H3/b33-27+. The predicted molar refractivity (Wildman–Crippen MR) is 160 cm³/mol. The van der Waals surface area contributed by atoms with Crippen molar-refractivity contribution < 1.29 is 33.4 Å². The number of benzene rings is 2. The minimum Gasteiger partial charge on any atom is -0.379 e. The number of morpholine rings is 1. The zero-order valence-electron chi connectivity index (χ0n) is 24.8. The third-order valence-corrected chi connectivity index (χ3v) is 7.38. The molecule has 10 heteroatoms. The van der Waals surface area contributed by atoms with Gasteiger partial charge >= 0.3 is 5.97 Å². The summed E-state index contributed by atoms with van der Waals surface area (Å²) in [5.41, 5.74) is 1.95. The van der Waals surface area contributed by atoms with Crippen LogP contribution >= 0.6 is 0 Å². The molecule has 4 rings (SSSR count). The fraction of sp³-hybridized carbons (Fsp3) is 0.438. The van der Waals surface area contributed by atoms with Crippen LogP contribution in [0.5, 0.6) is 0 Å². The van der Waals surface area contributed by atoms with E-state index < -0.39 is 17.3 Å². The highest BCUT2D eigenvalue weighted by molar-refractivity contribution is 6.46. The number of aromatic nitrogens is 1. The molecule has 0 radical (unpaired) electrons. The quantitative estimate of drug-likeness (QED) is 0.0908. The second-order valence-corrected chi connectivity index (χ2v) is 10.6. The van der Waals surface area contributed by atoms with Crippen molar-refractivity contribution in [1.82, 2.24) is 9.47 Å². The zero-order valence-corrected chi connectivity index (χ0v) is 24.8. The van der Waals surface area contributed by atoms with Crippen LogP contribution in [0.15, 0.2) is 59.9 Å². The van der Waals surface area contributed by atoms with Crippen LogP contribution in [0.3, 0.4) is 0 Å². The lowest BCUT2D eigenvalue weighted by Crippen LogP contribution is -2.54. The van der Waals surface area contributed by atoms with Crippen molar-refractivity contribution in [2.45, 2.75) is 39.2 Å². The molecule has 0 atom stereocenters. The molecule has 10 nitrogen and oxygen atoms in total. The average molecular weight is 578 g/mol. The van der Waals surface area contributed by atoms with E-state index >= 15 is 0 Å². The molecule has 2 heterocycles. The Morgan fingerprint density at radius 3 is 2.40 bits per heavy atom. The Morgan fingerprint density at radius 1 is 1.00 bits per heavy atom. The van der Waals surface area contributed by atoms with Gasteiger partial charge in [-0.2, -0.15) is 0 Å². The summed E-state index contributed by atoms with van der Waals surface area (Å²) in [5, 5.41) is 4.64. The van der Waals surface area contributed by atoms with Gasteiger partial charge in [0.2, 0.25) is 5.78 Å². The summed E-state index contributed by atoms with van der Waals surface area (Å²) in [7, 11) is 1.37. The molecule has 42 heavy (non-hydrogen) atoms. The lowest BCUT2D eigenvalue weighted by atomic mass is 9.90. The van der Waals surface area contributed by atoms with Gasteiger partial charge in [-0.05, 0) is 50.6 Å². The Balaban J connectivity index is 1.60. The van der Waals surface area contributed by atoms with Gasteiger partial charge in [0.1, 0.15) is 6.61 Å². The van der Waals surface area contributed by atoms with E-state index in [1.165, 1.54) is 7.11 Å². The summed E-state index contributed by atoms with van der Waals surface area (Å²) < 4.78 is 17.8. The van der Waals surface area contributed by atoms with Crippen molar-refractivity contribution in [3.8, 4) is 5.69 Å². The van der Waals surface area contributed by atoms with E-state index in [1.54, 1.807) is 12.1 Å². The van der Waals surface area contributed by atoms with Crippen molar-refractivity contribution in [2.24, 2.45) is 5.16 Å². The van der Waals surface area contributed by atoms with Crippen LogP contribution in [0.25, 0.3) is 16.6 Å². The summed E-state index contributed by atoms with van der Waals surface area (Å²) in [5.74, 6) is -1.09. The highest BCUT2D eigenvalue weighted by atomic mass is 16.7. The van der Waals surface area contributed by atoms with E-state index in [9.17, 15) is 14.4 Å². The van der Waals surface area contributed by atoms with E-state index in [0.29, 0.717) is 44.0 Å². The Kier molecular flexibility index (Phi) is 10.8. The number of para-hydroxylation sites is 1. The van der Waals surface area contributed by atoms with Crippen LogP contribution in [-0.4, -0.2) is 91.5 Å². The van der Waals surface area contributed by atoms with Crippen LogP contribution in [-0.2, 0) is 23.8 Å². The predicted octanol–water partition coefficient (Wildman–Crippen LogP) is 4.47. The number of oxime groups is 1. The fourth-order valence-corrected chi connectivity index (χ4v) is 4.91. The summed E-state index contributed by atoms with van der Waals surface area (Å²) >= 11 is 0. The second-order valence-electron chi connectivity index (χ2n) is 10.6. The van der Waals surface area contributed by atoms with Gasteiger partial charge in [0.25, 0.3) is 0 Å². The van der Waals surface area contributed by atoms with Crippen LogP contribution in [0.1, 0.15) is 54.3 Å². The van der Waals surface area contributed by atoms with E-state index in [-0.39, 0.29) is 24.7 Å². The van der Waals surface area contributed by atoms with Crippen molar-refractivity contribution >= 4 is 34.2 Å². The number of fused-ring (bicyclic) bond motifs is 1. The summed E-state index contributed by atoms with van der Waals surface area (Å²) in [6.45, 7) is 8.67. The van der Waals surface area contributed by atoms with Crippen molar-refractivity contribution in [3.05, 3.63) is 65.9 Å². The fourth-order valence-electron chi connectivity index (χ4n) is 4.91. The second kappa shape index (κ2) is 14.5. The summed E-state index contributed by atoms with van der Waals surface area (Å²) in [6.07, 6.45) is 3.64. The largest absolute Gasteiger partial charge is 0.379 e. The molecule has 0 amide bonds. The number of rotatable bonds is 14. The van der Waals surface area contributed by atoms with Gasteiger partial charge in [-0.3, -0.25) is 14.5 Å². The molecule has 0 saturated carbocycles. The first-order chi connectivity index (χ1) is 20.3. The van der Waals surface area contributed by atoms with Crippen LogP contribution in [0.2, 0.25) is 0 Å². The third kappa shape index (κ3) is 7.19. The minimum atomic E-state index is -0.714. The molecule has 3 aromatic rings. The third-order valence-electron chi connectivity index (χ3n) is 7.38. The summed E-state index contributed by atoms with van der Waals surface area (Å²) in [6, 6.07) is 14.8. The Hall–Kier alpha value is -3.70. The molecule has 0 spiro atoms. The Labute approximate surface area is 246 Å². The average Bonchev–Trinajstić information content (AvgIpc) is 3.40. The van der Waals surface area contributed by atoms with E-state index in [4.69, 9.17) is 19.0 Å². The van der Waals surface area contributed by atoms with Gasteiger partial charge in [-0.1, -0.05) is 36.7 Å². The van der Waals surface area contributed by atoms with Gasteiger partial charge in [-0.25, -0.2) is 4.79 Å². The number of ether oxygens (including phenoxy) is 3.